The molecule has 3 heteroatoms. The van der Waals surface area contributed by atoms with E-state index in [0.29, 0.717) is 0 Å². The molecule has 0 atom stereocenters. The summed E-state index contributed by atoms with van der Waals surface area (Å²) in [5.41, 5.74) is 1.22. The fraction of sp³-hybridized carbons (Fsp3) is 0.400. The summed E-state index contributed by atoms with van der Waals surface area (Å²) >= 11 is 0. The van der Waals surface area contributed by atoms with Crippen molar-refractivity contribution >= 4 is 5.91 Å². The van der Waals surface area contributed by atoms with Gasteiger partial charge in [0.05, 0.1) is 0 Å². The van der Waals surface area contributed by atoms with Gasteiger partial charge in [0.15, 0.2) is 0 Å². The molecule has 0 saturated heterocycles. The Kier molecular flexibility index (Phi) is 3.96. The Morgan fingerprint density at radius 3 is 3.08 bits per heavy atom. The van der Waals surface area contributed by atoms with Gasteiger partial charge in [0.1, 0.15) is 0 Å². The molecule has 0 aromatic carbocycles. The van der Waals surface area contributed by atoms with Crippen LogP contribution in [0.3, 0.4) is 0 Å². The van der Waals surface area contributed by atoms with Crippen LogP contribution in [0.5, 0.6) is 0 Å². The van der Waals surface area contributed by atoms with Crippen LogP contribution < -0.4 is 5.32 Å². The van der Waals surface area contributed by atoms with Crippen LogP contribution >= 0.6 is 0 Å². The Hall–Kier alpha value is -1.38. The van der Waals surface area contributed by atoms with Gasteiger partial charge in [-0.2, -0.15) is 0 Å². The SMILES string of the molecule is CC(=O)NCCCc1cccnc1. The molecule has 1 heterocycles. The van der Waals surface area contributed by atoms with Gasteiger partial charge in [0.2, 0.25) is 5.91 Å². The fourth-order valence-corrected chi connectivity index (χ4v) is 1.10. The molecule has 0 unspecified atom stereocenters. The summed E-state index contributed by atoms with van der Waals surface area (Å²) < 4.78 is 0. The zero-order valence-corrected chi connectivity index (χ0v) is 7.79. The van der Waals surface area contributed by atoms with Crippen LogP contribution in [0.15, 0.2) is 24.5 Å². The number of carbonyl (C=O) groups excluding carboxylic acids is 1. The largest absolute Gasteiger partial charge is 0.356 e. The predicted octanol–water partition coefficient (Wildman–Crippen LogP) is 1.15. The molecule has 0 aliphatic rings. The first-order chi connectivity index (χ1) is 6.29. The molecule has 0 bridgehead atoms. The van der Waals surface area contributed by atoms with E-state index in [9.17, 15) is 4.79 Å². The third-order valence-electron chi connectivity index (χ3n) is 1.74. The average molecular weight is 178 g/mol. The van der Waals surface area contributed by atoms with E-state index in [1.807, 2.05) is 18.3 Å². The Bertz CT molecular complexity index is 259. The Labute approximate surface area is 78.2 Å². The molecule has 0 aliphatic carbocycles. The average Bonchev–Trinajstić information content (AvgIpc) is 2.14. The molecule has 1 rings (SSSR count). The third-order valence-corrected chi connectivity index (χ3v) is 1.74. The summed E-state index contributed by atoms with van der Waals surface area (Å²) in [6.45, 7) is 2.27. The Morgan fingerprint density at radius 2 is 2.46 bits per heavy atom. The monoisotopic (exact) mass is 178 g/mol. The quantitative estimate of drug-likeness (QED) is 0.703. The minimum Gasteiger partial charge on any atom is -0.356 e. The number of carbonyl (C=O) groups is 1. The molecule has 70 valence electrons. The van der Waals surface area contributed by atoms with Crippen LogP contribution in [0.2, 0.25) is 0 Å². The van der Waals surface area contributed by atoms with Crippen molar-refractivity contribution in [1.29, 1.82) is 0 Å². The molecule has 13 heavy (non-hydrogen) atoms. The highest BCUT2D eigenvalue weighted by Crippen LogP contribution is 1.98. The molecule has 3 nitrogen and oxygen atoms in total. The lowest BCUT2D eigenvalue weighted by Gasteiger charge is -2.01. The van der Waals surface area contributed by atoms with Gasteiger partial charge in [-0.1, -0.05) is 6.07 Å². The first kappa shape index (κ1) is 9.71. The van der Waals surface area contributed by atoms with Crippen LogP contribution in [-0.4, -0.2) is 17.4 Å². The van der Waals surface area contributed by atoms with E-state index in [0.717, 1.165) is 19.4 Å². The van der Waals surface area contributed by atoms with Gasteiger partial charge < -0.3 is 5.32 Å². The second-order valence-electron chi connectivity index (χ2n) is 2.95. The van der Waals surface area contributed by atoms with E-state index in [2.05, 4.69) is 10.3 Å². The zero-order chi connectivity index (χ0) is 9.52. The molecule has 0 aliphatic heterocycles. The highest BCUT2D eigenvalue weighted by Gasteiger charge is 1.93. The summed E-state index contributed by atoms with van der Waals surface area (Å²) in [6.07, 6.45) is 5.55. The summed E-state index contributed by atoms with van der Waals surface area (Å²) in [4.78, 5) is 14.5. The lowest BCUT2D eigenvalue weighted by molar-refractivity contribution is -0.118. The van der Waals surface area contributed by atoms with E-state index in [-0.39, 0.29) is 5.91 Å². The van der Waals surface area contributed by atoms with Crippen molar-refractivity contribution in [2.45, 2.75) is 19.8 Å². The summed E-state index contributed by atoms with van der Waals surface area (Å²) in [6, 6.07) is 3.97. The lowest BCUT2D eigenvalue weighted by Crippen LogP contribution is -2.21. The number of aryl methyl sites for hydroxylation is 1. The molecule has 0 fully saturated rings. The molecule has 1 aromatic rings. The first-order valence-corrected chi connectivity index (χ1v) is 4.42. The van der Waals surface area contributed by atoms with Crippen molar-refractivity contribution in [3.05, 3.63) is 30.1 Å². The number of nitrogens with zero attached hydrogens (tertiary/aromatic N) is 1. The van der Waals surface area contributed by atoms with Gasteiger partial charge in [-0.25, -0.2) is 0 Å². The van der Waals surface area contributed by atoms with Crippen LogP contribution in [-0.2, 0) is 11.2 Å². The molecular formula is C10H14N2O. The number of pyridine rings is 1. The van der Waals surface area contributed by atoms with E-state index in [1.165, 1.54) is 12.5 Å². The van der Waals surface area contributed by atoms with Crippen LogP contribution in [0.4, 0.5) is 0 Å². The third kappa shape index (κ3) is 4.25. The van der Waals surface area contributed by atoms with Crippen LogP contribution in [0.1, 0.15) is 18.9 Å². The van der Waals surface area contributed by atoms with Crippen molar-refractivity contribution < 1.29 is 4.79 Å². The molecule has 1 N–H and O–H groups in total. The fourth-order valence-electron chi connectivity index (χ4n) is 1.10. The van der Waals surface area contributed by atoms with Crippen molar-refractivity contribution in [2.75, 3.05) is 6.54 Å². The van der Waals surface area contributed by atoms with E-state index in [1.54, 1.807) is 6.20 Å². The van der Waals surface area contributed by atoms with Gasteiger partial charge in [-0.05, 0) is 24.5 Å². The molecule has 0 spiro atoms. The number of aromatic nitrogens is 1. The summed E-state index contributed by atoms with van der Waals surface area (Å²) in [7, 11) is 0. The maximum atomic E-state index is 10.5. The number of nitrogens with one attached hydrogen (secondary N) is 1. The van der Waals surface area contributed by atoms with Gasteiger partial charge in [-0.15, -0.1) is 0 Å². The second-order valence-corrected chi connectivity index (χ2v) is 2.95. The molecule has 0 radical (unpaired) electrons. The van der Waals surface area contributed by atoms with Crippen molar-refractivity contribution in [2.24, 2.45) is 0 Å². The van der Waals surface area contributed by atoms with Crippen LogP contribution in [0, 0.1) is 0 Å². The smallest absolute Gasteiger partial charge is 0.216 e. The van der Waals surface area contributed by atoms with Gasteiger partial charge in [0.25, 0.3) is 0 Å². The number of hydrogen-bond donors (Lipinski definition) is 1. The van der Waals surface area contributed by atoms with E-state index >= 15 is 0 Å². The Morgan fingerprint density at radius 1 is 1.62 bits per heavy atom. The second kappa shape index (κ2) is 5.30. The van der Waals surface area contributed by atoms with Crippen molar-refractivity contribution in [3.63, 3.8) is 0 Å². The van der Waals surface area contributed by atoms with E-state index < -0.39 is 0 Å². The summed E-state index contributed by atoms with van der Waals surface area (Å²) in [5, 5.41) is 2.76. The first-order valence-electron chi connectivity index (χ1n) is 4.42. The Balaban J connectivity index is 2.17. The van der Waals surface area contributed by atoms with Gasteiger partial charge >= 0.3 is 0 Å². The topological polar surface area (TPSA) is 42.0 Å². The van der Waals surface area contributed by atoms with Crippen molar-refractivity contribution in [1.82, 2.24) is 10.3 Å². The molecule has 1 aromatic heterocycles. The maximum Gasteiger partial charge on any atom is 0.216 e. The normalized spacial score (nSPS) is 9.62. The highest BCUT2D eigenvalue weighted by atomic mass is 16.1. The minimum absolute atomic E-state index is 0.0335. The number of amides is 1. The standard InChI is InChI=1S/C10H14N2O/c1-9(13)12-7-3-5-10-4-2-6-11-8-10/h2,4,6,8H,3,5,7H2,1H3,(H,12,13). The minimum atomic E-state index is 0.0335. The summed E-state index contributed by atoms with van der Waals surface area (Å²) in [5.74, 6) is 0.0335. The van der Waals surface area contributed by atoms with Crippen LogP contribution in [0.25, 0.3) is 0 Å². The lowest BCUT2D eigenvalue weighted by atomic mass is 10.1. The number of rotatable bonds is 4. The van der Waals surface area contributed by atoms with E-state index in [4.69, 9.17) is 0 Å². The van der Waals surface area contributed by atoms with Crippen molar-refractivity contribution in [3.8, 4) is 0 Å². The van der Waals surface area contributed by atoms with Gasteiger partial charge in [0, 0.05) is 25.9 Å². The number of hydrogen-bond acceptors (Lipinski definition) is 2. The maximum absolute atomic E-state index is 10.5. The molecule has 1 amide bonds. The molecular weight excluding hydrogens is 164 g/mol. The van der Waals surface area contributed by atoms with Gasteiger partial charge in [-0.3, -0.25) is 9.78 Å². The molecule has 0 saturated carbocycles. The highest BCUT2D eigenvalue weighted by molar-refractivity contribution is 5.72. The predicted molar refractivity (Wildman–Crippen MR) is 51.2 cm³/mol. The zero-order valence-electron chi connectivity index (χ0n) is 7.79.